The SMILES string of the molecule is NC(=S)c1cc2ccccc2nc1N(CC1CC1)C1CC1. The van der Waals surface area contributed by atoms with Crippen LogP contribution in [0.3, 0.4) is 0 Å². The molecule has 1 aromatic carbocycles. The summed E-state index contributed by atoms with van der Waals surface area (Å²) >= 11 is 5.28. The van der Waals surface area contributed by atoms with E-state index in [0.717, 1.165) is 34.7 Å². The van der Waals surface area contributed by atoms with Gasteiger partial charge in [0.05, 0.1) is 11.1 Å². The summed E-state index contributed by atoms with van der Waals surface area (Å²) < 4.78 is 0. The first-order valence-corrected chi connectivity index (χ1v) is 8.09. The minimum absolute atomic E-state index is 0.449. The third-order valence-corrected chi connectivity index (χ3v) is 4.60. The molecule has 0 amide bonds. The van der Waals surface area contributed by atoms with Crippen molar-refractivity contribution in [2.45, 2.75) is 31.7 Å². The van der Waals surface area contributed by atoms with Crippen molar-refractivity contribution in [2.24, 2.45) is 11.7 Å². The number of nitrogens with two attached hydrogens (primary N) is 1. The highest BCUT2D eigenvalue weighted by molar-refractivity contribution is 7.80. The Balaban J connectivity index is 1.83. The molecule has 0 unspecified atom stereocenters. The van der Waals surface area contributed by atoms with Gasteiger partial charge in [-0.05, 0) is 43.7 Å². The lowest BCUT2D eigenvalue weighted by atomic mass is 10.1. The summed E-state index contributed by atoms with van der Waals surface area (Å²) in [6.07, 6.45) is 5.22. The minimum atomic E-state index is 0.449. The first kappa shape index (κ1) is 13.0. The fourth-order valence-corrected chi connectivity index (χ4v) is 3.03. The topological polar surface area (TPSA) is 42.1 Å². The van der Waals surface area contributed by atoms with E-state index in [9.17, 15) is 0 Å². The molecule has 21 heavy (non-hydrogen) atoms. The van der Waals surface area contributed by atoms with Crippen molar-refractivity contribution >= 4 is 33.9 Å². The average molecular weight is 297 g/mol. The van der Waals surface area contributed by atoms with Crippen LogP contribution in [0, 0.1) is 5.92 Å². The highest BCUT2D eigenvalue weighted by atomic mass is 32.1. The number of rotatable bonds is 5. The summed E-state index contributed by atoms with van der Waals surface area (Å²) in [5.74, 6) is 1.83. The number of hydrogen-bond donors (Lipinski definition) is 1. The van der Waals surface area contributed by atoms with Crippen molar-refractivity contribution < 1.29 is 0 Å². The molecule has 1 aromatic heterocycles. The van der Waals surface area contributed by atoms with E-state index in [1.54, 1.807) is 0 Å². The zero-order chi connectivity index (χ0) is 14.4. The van der Waals surface area contributed by atoms with E-state index in [2.05, 4.69) is 23.1 Å². The smallest absolute Gasteiger partial charge is 0.139 e. The quantitative estimate of drug-likeness (QED) is 0.860. The van der Waals surface area contributed by atoms with E-state index < -0.39 is 0 Å². The van der Waals surface area contributed by atoms with Crippen LogP contribution in [-0.2, 0) is 0 Å². The van der Waals surface area contributed by atoms with Crippen LogP contribution >= 0.6 is 12.2 Å². The number of para-hydroxylation sites is 1. The largest absolute Gasteiger partial charge is 0.389 e. The van der Waals surface area contributed by atoms with Crippen LogP contribution < -0.4 is 10.6 Å². The summed E-state index contributed by atoms with van der Waals surface area (Å²) in [6.45, 7) is 1.10. The maximum Gasteiger partial charge on any atom is 0.139 e. The second kappa shape index (κ2) is 4.95. The van der Waals surface area contributed by atoms with Crippen LogP contribution in [0.2, 0.25) is 0 Å². The number of anilines is 1. The molecule has 0 spiro atoms. The van der Waals surface area contributed by atoms with Gasteiger partial charge in [0.2, 0.25) is 0 Å². The lowest BCUT2D eigenvalue weighted by molar-refractivity contribution is 0.710. The molecule has 0 atom stereocenters. The van der Waals surface area contributed by atoms with E-state index in [0.29, 0.717) is 11.0 Å². The summed E-state index contributed by atoms with van der Waals surface area (Å²) in [5.41, 5.74) is 7.92. The molecular formula is C17H19N3S. The lowest BCUT2D eigenvalue weighted by Crippen LogP contribution is -2.31. The Bertz CT molecular complexity index is 704. The zero-order valence-electron chi connectivity index (χ0n) is 12.0. The predicted octanol–water partition coefficient (Wildman–Crippen LogP) is 3.25. The molecule has 2 aliphatic rings. The van der Waals surface area contributed by atoms with Crippen LogP contribution in [0.1, 0.15) is 31.2 Å². The highest BCUT2D eigenvalue weighted by Gasteiger charge is 2.35. The van der Waals surface area contributed by atoms with Gasteiger partial charge in [0.1, 0.15) is 10.8 Å². The number of aromatic nitrogens is 1. The molecule has 0 bridgehead atoms. The van der Waals surface area contributed by atoms with E-state index in [1.165, 1.54) is 25.7 Å². The van der Waals surface area contributed by atoms with Crippen LogP contribution in [0.15, 0.2) is 30.3 Å². The summed E-state index contributed by atoms with van der Waals surface area (Å²) in [6, 6.07) is 10.9. The van der Waals surface area contributed by atoms with Gasteiger partial charge in [-0.2, -0.15) is 0 Å². The molecule has 4 heteroatoms. The van der Waals surface area contributed by atoms with Crippen molar-refractivity contribution in [3.63, 3.8) is 0 Å². The summed E-state index contributed by atoms with van der Waals surface area (Å²) in [7, 11) is 0. The maximum atomic E-state index is 5.98. The second-order valence-electron chi connectivity index (χ2n) is 6.24. The molecule has 2 saturated carbocycles. The summed E-state index contributed by atoms with van der Waals surface area (Å²) in [5, 5.41) is 1.10. The number of benzene rings is 1. The lowest BCUT2D eigenvalue weighted by Gasteiger charge is -2.26. The molecule has 0 saturated heterocycles. The number of nitrogens with zero attached hydrogens (tertiary/aromatic N) is 2. The minimum Gasteiger partial charge on any atom is -0.389 e. The van der Waals surface area contributed by atoms with Gasteiger partial charge in [-0.25, -0.2) is 4.98 Å². The molecule has 2 aromatic rings. The number of hydrogen-bond acceptors (Lipinski definition) is 3. The van der Waals surface area contributed by atoms with E-state index in [1.807, 2.05) is 12.1 Å². The zero-order valence-corrected chi connectivity index (χ0v) is 12.8. The Labute approximate surface area is 130 Å². The van der Waals surface area contributed by atoms with Gasteiger partial charge in [0.25, 0.3) is 0 Å². The Morgan fingerprint density at radius 2 is 2.00 bits per heavy atom. The second-order valence-corrected chi connectivity index (χ2v) is 6.68. The third kappa shape index (κ3) is 2.60. The Morgan fingerprint density at radius 1 is 1.24 bits per heavy atom. The van der Waals surface area contributed by atoms with Crippen molar-refractivity contribution in [1.29, 1.82) is 0 Å². The van der Waals surface area contributed by atoms with Gasteiger partial charge in [-0.15, -0.1) is 0 Å². The molecule has 2 N–H and O–H groups in total. The van der Waals surface area contributed by atoms with Crippen molar-refractivity contribution in [1.82, 2.24) is 4.98 Å². The normalized spacial score (nSPS) is 17.9. The molecule has 0 radical (unpaired) electrons. The molecule has 2 fully saturated rings. The van der Waals surface area contributed by atoms with E-state index in [4.69, 9.17) is 22.9 Å². The van der Waals surface area contributed by atoms with Crippen LogP contribution in [0.4, 0.5) is 5.82 Å². The molecular weight excluding hydrogens is 278 g/mol. The predicted molar refractivity (Wildman–Crippen MR) is 90.7 cm³/mol. The van der Waals surface area contributed by atoms with Crippen molar-refractivity contribution in [3.8, 4) is 0 Å². The number of fused-ring (bicyclic) bond motifs is 1. The van der Waals surface area contributed by atoms with E-state index in [-0.39, 0.29) is 0 Å². The molecule has 108 valence electrons. The van der Waals surface area contributed by atoms with Gasteiger partial charge in [-0.1, -0.05) is 30.4 Å². The van der Waals surface area contributed by atoms with Crippen molar-refractivity contribution in [2.75, 3.05) is 11.4 Å². The molecule has 0 aliphatic heterocycles. The fourth-order valence-electron chi connectivity index (χ4n) is 2.88. The molecule has 3 nitrogen and oxygen atoms in total. The standard InChI is InChI=1S/C17H19N3S/c18-16(21)14-9-12-3-1-2-4-15(12)19-17(14)20(13-7-8-13)10-11-5-6-11/h1-4,9,11,13H,5-8,10H2,(H2,18,21). The third-order valence-electron chi connectivity index (χ3n) is 4.38. The Morgan fingerprint density at radius 3 is 2.67 bits per heavy atom. The maximum absolute atomic E-state index is 5.98. The Hall–Kier alpha value is -1.68. The monoisotopic (exact) mass is 297 g/mol. The van der Waals surface area contributed by atoms with Crippen LogP contribution in [0.5, 0.6) is 0 Å². The van der Waals surface area contributed by atoms with Crippen molar-refractivity contribution in [3.05, 3.63) is 35.9 Å². The average Bonchev–Trinajstić information content (AvgIpc) is 3.36. The van der Waals surface area contributed by atoms with E-state index >= 15 is 0 Å². The van der Waals surface area contributed by atoms with Gasteiger partial charge >= 0.3 is 0 Å². The van der Waals surface area contributed by atoms with Gasteiger partial charge in [0.15, 0.2) is 0 Å². The highest BCUT2D eigenvalue weighted by Crippen LogP contribution is 2.38. The number of pyridine rings is 1. The first-order valence-electron chi connectivity index (χ1n) is 7.68. The Kier molecular flexibility index (Phi) is 3.07. The first-order chi connectivity index (χ1) is 10.2. The van der Waals surface area contributed by atoms with Gasteiger partial charge in [-0.3, -0.25) is 0 Å². The number of thiocarbonyl (C=S) groups is 1. The summed E-state index contributed by atoms with van der Waals surface area (Å²) in [4.78, 5) is 7.80. The van der Waals surface area contributed by atoms with Gasteiger partial charge < -0.3 is 10.6 Å². The van der Waals surface area contributed by atoms with Crippen LogP contribution in [0.25, 0.3) is 10.9 Å². The molecule has 2 aliphatic carbocycles. The fraction of sp³-hybridized carbons (Fsp3) is 0.412. The molecule has 1 heterocycles. The molecule has 4 rings (SSSR count). The van der Waals surface area contributed by atoms with Crippen LogP contribution in [-0.4, -0.2) is 22.6 Å². The van der Waals surface area contributed by atoms with Gasteiger partial charge in [0, 0.05) is 18.0 Å².